The van der Waals surface area contributed by atoms with Crippen molar-refractivity contribution in [2.45, 2.75) is 58.9 Å². The molecule has 0 saturated carbocycles. The van der Waals surface area contributed by atoms with Gasteiger partial charge < -0.3 is 10.1 Å². The number of aromatic nitrogens is 4. The number of ether oxygens (including phenoxy) is 1. The fourth-order valence-electron chi connectivity index (χ4n) is 3.28. The van der Waals surface area contributed by atoms with E-state index in [2.05, 4.69) is 27.8 Å². The SMILES string of the molecule is CCCCCCCOC(=O)C1=C(C)Nc2nnnn2[C@H]1c1ccc(C)cc1. The molecule has 1 aromatic carbocycles. The number of carbonyl (C=O) groups excluding carboxylic acids is 1. The minimum atomic E-state index is -0.399. The van der Waals surface area contributed by atoms with Crippen molar-refractivity contribution in [3.63, 3.8) is 0 Å². The molecule has 27 heavy (non-hydrogen) atoms. The second-order valence-corrected chi connectivity index (χ2v) is 6.97. The molecule has 0 unspecified atom stereocenters. The summed E-state index contributed by atoms with van der Waals surface area (Å²) >= 11 is 0. The van der Waals surface area contributed by atoms with Crippen molar-refractivity contribution in [2.24, 2.45) is 0 Å². The first-order chi connectivity index (χ1) is 13.1. The molecule has 0 aliphatic carbocycles. The Hall–Kier alpha value is -2.70. The Labute approximate surface area is 159 Å². The molecule has 1 N–H and O–H groups in total. The molecule has 2 aromatic rings. The van der Waals surface area contributed by atoms with Crippen molar-refractivity contribution >= 4 is 11.9 Å². The zero-order chi connectivity index (χ0) is 19.2. The Kier molecular flexibility index (Phi) is 6.21. The molecule has 0 bridgehead atoms. The van der Waals surface area contributed by atoms with Gasteiger partial charge in [0.15, 0.2) is 0 Å². The van der Waals surface area contributed by atoms with Crippen LogP contribution in [0.3, 0.4) is 0 Å². The van der Waals surface area contributed by atoms with Gasteiger partial charge >= 0.3 is 5.97 Å². The van der Waals surface area contributed by atoms with Crippen LogP contribution in [0.15, 0.2) is 35.5 Å². The van der Waals surface area contributed by atoms with Crippen molar-refractivity contribution in [1.82, 2.24) is 20.2 Å². The average molecular weight is 369 g/mol. The lowest BCUT2D eigenvalue weighted by molar-refractivity contribution is -0.139. The van der Waals surface area contributed by atoms with E-state index in [0.717, 1.165) is 29.7 Å². The molecular formula is C20H27N5O2. The number of fused-ring (bicyclic) bond motifs is 1. The lowest BCUT2D eigenvalue weighted by Crippen LogP contribution is -2.29. The predicted octanol–water partition coefficient (Wildman–Crippen LogP) is 3.78. The largest absolute Gasteiger partial charge is 0.462 e. The number of carbonyl (C=O) groups is 1. The number of benzene rings is 1. The van der Waals surface area contributed by atoms with Crippen LogP contribution in [0.4, 0.5) is 5.95 Å². The highest BCUT2D eigenvalue weighted by Gasteiger charge is 2.34. The smallest absolute Gasteiger partial charge is 0.338 e. The van der Waals surface area contributed by atoms with Crippen molar-refractivity contribution in [2.75, 3.05) is 11.9 Å². The van der Waals surface area contributed by atoms with Gasteiger partial charge in [0, 0.05) is 5.70 Å². The molecule has 1 aromatic heterocycles. The third-order valence-electron chi connectivity index (χ3n) is 4.81. The number of nitrogens with zero attached hydrogens (tertiary/aromatic N) is 4. The molecule has 144 valence electrons. The van der Waals surface area contributed by atoms with Crippen LogP contribution in [-0.4, -0.2) is 32.8 Å². The number of nitrogens with one attached hydrogen (secondary N) is 1. The number of esters is 1. The summed E-state index contributed by atoms with van der Waals surface area (Å²) in [5, 5.41) is 14.9. The second-order valence-electron chi connectivity index (χ2n) is 6.97. The molecule has 0 fully saturated rings. The zero-order valence-corrected chi connectivity index (χ0v) is 16.2. The highest BCUT2D eigenvalue weighted by Crippen LogP contribution is 2.34. The quantitative estimate of drug-likeness (QED) is 0.563. The van der Waals surface area contributed by atoms with Crippen molar-refractivity contribution in [1.29, 1.82) is 0 Å². The van der Waals surface area contributed by atoms with Gasteiger partial charge in [-0.05, 0) is 36.3 Å². The van der Waals surface area contributed by atoms with Crippen LogP contribution >= 0.6 is 0 Å². The van der Waals surface area contributed by atoms with E-state index >= 15 is 0 Å². The van der Waals surface area contributed by atoms with Gasteiger partial charge in [0.2, 0.25) is 5.95 Å². The monoisotopic (exact) mass is 369 g/mol. The van der Waals surface area contributed by atoms with E-state index in [4.69, 9.17) is 4.74 Å². The molecular weight excluding hydrogens is 342 g/mol. The maximum Gasteiger partial charge on any atom is 0.338 e. The first kappa shape index (κ1) is 19.1. The number of hydrogen-bond acceptors (Lipinski definition) is 6. The Morgan fingerprint density at radius 1 is 1.15 bits per heavy atom. The van der Waals surface area contributed by atoms with Crippen molar-refractivity contribution < 1.29 is 9.53 Å². The fraction of sp³-hybridized carbons (Fsp3) is 0.500. The van der Waals surface area contributed by atoms with Crippen LogP contribution in [0, 0.1) is 6.92 Å². The average Bonchev–Trinajstić information content (AvgIpc) is 3.12. The topological polar surface area (TPSA) is 81.9 Å². The zero-order valence-electron chi connectivity index (χ0n) is 16.2. The Bertz CT molecular complexity index is 810. The van der Waals surface area contributed by atoms with Gasteiger partial charge in [-0.15, -0.1) is 0 Å². The molecule has 1 aliphatic rings. The number of tetrazole rings is 1. The maximum atomic E-state index is 12.9. The Morgan fingerprint density at radius 3 is 2.63 bits per heavy atom. The fourth-order valence-corrected chi connectivity index (χ4v) is 3.28. The highest BCUT2D eigenvalue weighted by molar-refractivity contribution is 5.92. The number of unbranched alkanes of at least 4 members (excludes halogenated alkanes) is 4. The van der Waals surface area contributed by atoms with Crippen LogP contribution in [0.2, 0.25) is 0 Å². The predicted molar refractivity (Wildman–Crippen MR) is 103 cm³/mol. The van der Waals surface area contributed by atoms with Crippen LogP contribution < -0.4 is 5.32 Å². The number of rotatable bonds is 8. The van der Waals surface area contributed by atoms with Gasteiger partial charge in [0.1, 0.15) is 6.04 Å². The summed E-state index contributed by atoms with van der Waals surface area (Å²) in [6.07, 6.45) is 5.56. The van der Waals surface area contributed by atoms with Gasteiger partial charge in [0.05, 0.1) is 12.2 Å². The summed E-state index contributed by atoms with van der Waals surface area (Å²) in [6, 6.07) is 7.65. The van der Waals surface area contributed by atoms with E-state index in [-0.39, 0.29) is 5.97 Å². The van der Waals surface area contributed by atoms with Crippen molar-refractivity contribution in [3.05, 3.63) is 46.7 Å². The number of hydrogen-bond donors (Lipinski definition) is 1. The van der Waals surface area contributed by atoms with Gasteiger partial charge in [-0.2, -0.15) is 4.68 Å². The van der Waals surface area contributed by atoms with Gasteiger partial charge in [-0.1, -0.05) is 67.5 Å². The minimum absolute atomic E-state index is 0.317. The number of aryl methyl sites for hydroxylation is 1. The van der Waals surface area contributed by atoms with Crippen LogP contribution in [0.5, 0.6) is 0 Å². The lowest BCUT2D eigenvalue weighted by atomic mass is 9.95. The highest BCUT2D eigenvalue weighted by atomic mass is 16.5. The molecule has 3 rings (SSSR count). The number of anilines is 1. The van der Waals surface area contributed by atoms with E-state index in [1.807, 2.05) is 38.1 Å². The minimum Gasteiger partial charge on any atom is -0.462 e. The first-order valence-electron chi connectivity index (χ1n) is 9.61. The van der Waals surface area contributed by atoms with E-state index in [1.165, 1.54) is 19.3 Å². The van der Waals surface area contributed by atoms with E-state index < -0.39 is 6.04 Å². The third-order valence-corrected chi connectivity index (χ3v) is 4.81. The molecule has 0 amide bonds. The molecule has 1 aliphatic heterocycles. The van der Waals surface area contributed by atoms with Gasteiger partial charge in [-0.25, -0.2) is 4.79 Å². The Morgan fingerprint density at radius 2 is 1.89 bits per heavy atom. The third kappa shape index (κ3) is 4.35. The summed E-state index contributed by atoms with van der Waals surface area (Å²) < 4.78 is 7.21. The van der Waals surface area contributed by atoms with Crippen molar-refractivity contribution in [3.8, 4) is 0 Å². The normalized spacial score (nSPS) is 16.0. The van der Waals surface area contributed by atoms with Gasteiger partial charge in [0.25, 0.3) is 0 Å². The van der Waals surface area contributed by atoms with E-state index in [0.29, 0.717) is 18.1 Å². The summed E-state index contributed by atoms with van der Waals surface area (Å²) in [5.41, 5.74) is 3.37. The van der Waals surface area contributed by atoms with Crippen LogP contribution in [0.25, 0.3) is 0 Å². The summed E-state index contributed by atoms with van der Waals surface area (Å²) in [4.78, 5) is 12.9. The molecule has 7 heteroatoms. The molecule has 2 heterocycles. The maximum absolute atomic E-state index is 12.9. The van der Waals surface area contributed by atoms with Crippen LogP contribution in [-0.2, 0) is 9.53 Å². The molecule has 1 atom stereocenters. The summed E-state index contributed by atoms with van der Waals surface area (Å²) in [5.74, 6) is 0.205. The Balaban J connectivity index is 1.78. The molecule has 0 saturated heterocycles. The first-order valence-corrected chi connectivity index (χ1v) is 9.61. The molecule has 0 radical (unpaired) electrons. The lowest BCUT2D eigenvalue weighted by Gasteiger charge is -2.27. The van der Waals surface area contributed by atoms with E-state index in [9.17, 15) is 4.79 Å². The second kappa shape index (κ2) is 8.79. The molecule has 7 nitrogen and oxygen atoms in total. The summed E-state index contributed by atoms with van der Waals surface area (Å²) in [7, 11) is 0. The molecule has 0 spiro atoms. The van der Waals surface area contributed by atoms with Crippen LogP contribution in [0.1, 0.15) is 63.1 Å². The number of allylic oxidation sites excluding steroid dienone is 1. The van der Waals surface area contributed by atoms with Gasteiger partial charge in [-0.3, -0.25) is 0 Å². The van der Waals surface area contributed by atoms with E-state index in [1.54, 1.807) is 4.68 Å². The summed E-state index contributed by atoms with van der Waals surface area (Å²) in [6.45, 7) is 6.51. The standard InChI is InChI=1S/C20H27N5O2/c1-4-5-6-7-8-13-27-19(26)17-15(3)21-20-22-23-24-25(20)18(17)16-11-9-14(2)10-12-16/h9-12,18H,4-8,13H2,1-3H3,(H,21,22,24)/t18-/m0/s1.